The van der Waals surface area contributed by atoms with E-state index in [2.05, 4.69) is 41.6 Å². The largest absolute Gasteiger partial charge is 0.399 e. The molecule has 0 aliphatic carbocycles. The number of nitrogens with one attached hydrogen (secondary N) is 2. The number of aliphatic hydroxyl groups is 1. The molecule has 0 fully saturated rings. The summed E-state index contributed by atoms with van der Waals surface area (Å²) in [7, 11) is 0. The normalized spacial score (nSPS) is 12.4. The molecular weight excluding hydrogens is 310 g/mol. The molecule has 3 aromatic rings. The fraction of sp³-hybridized carbons (Fsp3) is 0.333. The first-order chi connectivity index (χ1) is 12.0. The van der Waals surface area contributed by atoms with Crippen molar-refractivity contribution in [1.29, 1.82) is 0 Å². The van der Waals surface area contributed by atoms with E-state index < -0.39 is 0 Å². The molecular formula is C21H27N3O. The van der Waals surface area contributed by atoms with Crippen LogP contribution in [0.1, 0.15) is 30.0 Å². The Hall–Kier alpha value is -2.46. The van der Waals surface area contributed by atoms with Crippen LogP contribution in [0.5, 0.6) is 0 Å². The lowest BCUT2D eigenvalue weighted by atomic mass is 10.0. The molecule has 0 aliphatic rings. The number of fused-ring (bicyclic) bond motifs is 1. The van der Waals surface area contributed by atoms with Crippen molar-refractivity contribution >= 4 is 22.3 Å². The number of aliphatic hydroxyl groups excluding tert-OH is 1. The second kappa shape index (κ2) is 7.62. The van der Waals surface area contributed by atoms with Crippen LogP contribution >= 0.6 is 0 Å². The summed E-state index contributed by atoms with van der Waals surface area (Å²) >= 11 is 0. The number of nitrogen functional groups attached to an aromatic ring is 1. The monoisotopic (exact) mass is 337 g/mol. The SMILES string of the molecule is Cc1cc(N)ccc1NCCc1c[nH]c2c(CCC(C)O)cccc12. The maximum atomic E-state index is 9.53. The van der Waals surface area contributed by atoms with Crippen LogP contribution in [0.3, 0.4) is 0 Å². The van der Waals surface area contributed by atoms with Crippen LogP contribution < -0.4 is 11.1 Å². The molecule has 0 amide bonds. The van der Waals surface area contributed by atoms with Crippen LogP contribution in [0.15, 0.2) is 42.6 Å². The number of para-hydroxylation sites is 1. The van der Waals surface area contributed by atoms with Gasteiger partial charge < -0.3 is 21.1 Å². The molecule has 4 heteroatoms. The van der Waals surface area contributed by atoms with E-state index in [1.807, 2.05) is 25.1 Å². The number of aryl methyl sites for hydroxylation is 2. The summed E-state index contributed by atoms with van der Waals surface area (Å²) < 4.78 is 0. The predicted octanol–water partition coefficient (Wildman–Crippen LogP) is 4.03. The van der Waals surface area contributed by atoms with Gasteiger partial charge >= 0.3 is 0 Å². The Morgan fingerprint density at radius 3 is 2.76 bits per heavy atom. The average Bonchev–Trinajstić information content (AvgIpc) is 2.99. The van der Waals surface area contributed by atoms with E-state index >= 15 is 0 Å². The molecule has 1 unspecified atom stereocenters. The molecule has 132 valence electrons. The smallest absolute Gasteiger partial charge is 0.0515 e. The Labute approximate surface area is 149 Å². The number of hydrogen-bond donors (Lipinski definition) is 4. The van der Waals surface area contributed by atoms with Gasteiger partial charge in [0.1, 0.15) is 0 Å². The zero-order valence-corrected chi connectivity index (χ0v) is 15.0. The van der Waals surface area contributed by atoms with Crippen LogP contribution in [-0.2, 0) is 12.8 Å². The molecule has 25 heavy (non-hydrogen) atoms. The van der Waals surface area contributed by atoms with Gasteiger partial charge in [0.15, 0.2) is 0 Å². The third-order valence-electron chi connectivity index (χ3n) is 4.68. The molecule has 1 atom stereocenters. The Kier molecular flexibility index (Phi) is 5.29. The van der Waals surface area contributed by atoms with Crippen LogP contribution in [0.25, 0.3) is 10.9 Å². The van der Waals surface area contributed by atoms with Gasteiger partial charge in [-0.2, -0.15) is 0 Å². The predicted molar refractivity (Wildman–Crippen MR) is 106 cm³/mol. The number of benzene rings is 2. The van der Waals surface area contributed by atoms with E-state index in [1.54, 1.807) is 0 Å². The second-order valence-electron chi connectivity index (χ2n) is 6.79. The first kappa shape index (κ1) is 17.4. The molecule has 0 radical (unpaired) electrons. The van der Waals surface area contributed by atoms with Crippen molar-refractivity contribution in [3.05, 3.63) is 59.3 Å². The summed E-state index contributed by atoms with van der Waals surface area (Å²) in [6.45, 7) is 4.78. The minimum atomic E-state index is -0.267. The van der Waals surface area contributed by atoms with Crippen molar-refractivity contribution in [1.82, 2.24) is 4.98 Å². The number of rotatable bonds is 7. The summed E-state index contributed by atoms with van der Waals surface area (Å²) in [5, 5.41) is 14.3. The molecule has 1 aromatic heterocycles. The second-order valence-corrected chi connectivity index (χ2v) is 6.79. The fourth-order valence-corrected chi connectivity index (χ4v) is 3.27. The maximum absolute atomic E-state index is 9.53. The molecule has 0 aliphatic heterocycles. The number of aromatic amines is 1. The summed E-state index contributed by atoms with van der Waals surface area (Å²) in [5.41, 5.74) is 12.7. The molecule has 5 N–H and O–H groups in total. The van der Waals surface area contributed by atoms with Crippen molar-refractivity contribution < 1.29 is 5.11 Å². The first-order valence-electron chi connectivity index (χ1n) is 8.90. The summed E-state index contributed by atoms with van der Waals surface area (Å²) in [4.78, 5) is 3.42. The zero-order valence-electron chi connectivity index (χ0n) is 15.0. The zero-order chi connectivity index (χ0) is 17.8. The van der Waals surface area contributed by atoms with Gasteiger partial charge in [-0.15, -0.1) is 0 Å². The quantitative estimate of drug-likeness (QED) is 0.492. The van der Waals surface area contributed by atoms with Crippen molar-refractivity contribution in [2.24, 2.45) is 0 Å². The first-order valence-corrected chi connectivity index (χ1v) is 8.90. The van der Waals surface area contributed by atoms with Crippen molar-refractivity contribution in [2.75, 3.05) is 17.6 Å². The van der Waals surface area contributed by atoms with E-state index in [-0.39, 0.29) is 6.10 Å². The van der Waals surface area contributed by atoms with Gasteiger partial charge in [0.2, 0.25) is 0 Å². The number of nitrogens with two attached hydrogens (primary N) is 1. The number of H-pyrrole nitrogens is 1. The van der Waals surface area contributed by atoms with Crippen molar-refractivity contribution in [3.8, 4) is 0 Å². The summed E-state index contributed by atoms with van der Waals surface area (Å²) in [5.74, 6) is 0. The molecule has 4 nitrogen and oxygen atoms in total. The lowest BCUT2D eigenvalue weighted by Gasteiger charge is -2.10. The number of hydrogen-bond acceptors (Lipinski definition) is 3. The van der Waals surface area contributed by atoms with E-state index in [1.165, 1.54) is 27.6 Å². The minimum absolute atomic E-state index is 0.267. The average molecular weight is 337 g/mol. The standard InChI is InChI=1S/C21H27N3O/c1-14-12-18(22)8-9-20(14)23-11-10-17-13-24-21-16(7-6-15(2)25)4-3-5-19(17)21/h3-5,8-9,12-13,15,23-25H,6-7,10-11,22H2,1-2H3. The van der Waals surface area contributed by atoms with E-state index in [0.717, 1.165) is 37.2 Å². The highest BCUT2D eigenvalue weighted by molar-refractivity contribution is 5.86. The van der Waals surface area contributed by atoms with Gasteiger partial charge in [0.05, 0.1) is 6.10 Å². The lowest BCUT2D eigenvalue weighted by Crippen LogP contribution is -2.06. The lowest BCUT2D eigenvalue weighted by molar-refractivity contribution is 0.185. The number of anilines is 2. The Morgan fingerprint density at radius 1 is 1.16 bits per heavy atom. The van der Waals surface area contributed by atoms with Crippen LogP contribution in [0.4, 0.5) is 11.4 Å². The van der Waals surface area contributed by atoms with Gasteiger partial charge in [0, 0.05) is 35.0 Å². The van der Waals surface area contributed by atoms with E-state index in [4.69, 9.17) is 5.73 Å². The summed E-state index contributed by atoms with van der Waals surface area (Å²) in [6, 6.07) is 12.4. The van der Waals surface area contributed by atoms with Crippen LogP contribution in [0, 0.1) is 6.92 Å². The van der Waals surface area contributed by atoms with Gasteiger partial charge in [-0.25, -0.2) is 0 Å². The van der Waals surface area contributed by atoms with Crippen LogP contribution in [0.2, 0.25) is 0 Å². The Balaban J connectivity index is 1.68. The van der Waals surface area contributed by atoms with E-state index in [0.29, 0.717) is 0 Å². The third-order valence-corrected chi connectivity index (χ3v) is 4.68. The maximum Gasteiger partial charge on any atom is 0.0515 e. The minimum Gasteiger partial charge on any atom is -0.399 e. The number of aromatic nitrogens is 1. The van der Waals surface area contributed by atoms with Crippen molar-refractivity contribution in [3.63, 3.8) is 0 Å². The van der Waals surface area contributed by atoms with E-state index in [9.17, 15) is 5.11 Å². The topological polar surface area (TPSA) is 74.1 Å². The van der Waals surface area contributed by atoms with Crippen molar-refractivity contribution in [2.45, 2.75) is 39.2 Å². The molecule has 0 saturated carbocycles. The fourth-order valence-electron chi connectivity index (χ4n) is 3.27. The Morgan fingerprint density at radius 2 is 2.00 bits per heavy atom. The third kappa shape index (κ3) is 4.15. The highest BCUT2D eigenvalue weighted by Crippen LogP contribution is 2.24. The van der Waals surface area contributed by atoms with Gasteiger partial charge in [-0.1, -0.05) is 18.2 Å². The molecule has 2 aromatic carbocycles. The molecule has 0 spiro atoms. The Bertz CT molecular complexity index is 851. The highest BCUT2D eigenvalue weighted by atomic mass is 16.3. The molecule has 0 bridgehead atoms. The molecule has 0 saturated heterocycles. The summed E-state index contributed by atoms with van der Waals surface area (Å²) in [6.07, 6.45) is 4.46. The van der Waals surface area contributed by atoms with Gasteiger partial charge in [-0.3, -0.25) is 0 Å². The highest BCUT2D eigenvalue weighted by Gasteiger charge is 2.08. The van der Waals surface area contributed by atoms with Gasteiger partial charge in [-0.05, 0) is 68.0 Å². The van der Waals surface area contributed by atoms with Crippen LogP contribution in [-0.4, -0.2) is 22.7 Å². The van der Waals surface area contributed by atoms with Gasteiger partial charge in [0.25, 0.3) is 0 Å². The molecule has 3 rings (SSSR count). The molecule has 1 heterocycles.